The molecule has 0 rings (SSSR count). The summed E-state index contributed by atoms with van der Waals surface area (Å²) in [5.74, 6) is 0. The lowest BCUT2D eigenvalue weighted by molar-refractivity contribution is 0.286. The second kappa shape index (κ2) is 7.44. The van der Waals surface area contributed by atoms with Gasteiger partial charge in [-0.2, -0.15) is 12.7 Å². The first-order valence-electron chi connectivity index (χ1n) is 5.37. The highest BCUT2D eigenvalue weighted by Gasteiger charge is 2.16. The number of hydrogen-bond acceptors (Lipinski definition) is 3. The second-order valence-electron chi connectivity index (χ2n) is 3.31. The molecule has 0 N–H and O–H groups in total. The van der Waals surface area contributed by atoms with E-state index in [1.54, 1.807) is 6.92 Å². The zero-order valence-corrected chi connectivity index (χ0v) is 11.3. The summed E-state index contributed by atoms with van der Waals surface area (Å²) < 4.78 is 23.4. The summed E-state index contributed by atoms with van der Waals surface area (Å²) in [6.45, 7) is 9.82. The third-order valence-corrected chi connectivity index (χ3v) is 4.08. The SMILES string of the molecule is CCN(CC)CCCN(CC)S(=O)(=O)Cl. The molecular formula is C9H21ClN2O2S. The van der Waals surface area contributed by atoms with Crippen molar-refractivity contribution < 1.29 is 8.42 Å². The van der Waals surface area contributed by atoms with Gasteiger partial charge in [-0.3, -0.25) is 0 Å². The Morgan fingerprint density at radius 1 is 1.00 bits per heavy atom. The van der Waals surface area contributed by atoms with Gasteiger partial charge in [0.15, 0.2) is 0 Å². The van der Waals surface area contributed by atoms with Crippen molar-refractivity contribution >= 4 is 19.9 Å². The summed E-state index contributed by atoms with van der Waals surface area (Å²) >= 11 is 0. The summed E-state index contributed by atoms with van der Waals surface area (Å²) in [7, 11) is 1.73. The van der Waals surface area contributed by atoms with E-state index in [1.807, 2.05) is 0 Å². The highest BCUT2D eigenvalue weighted by Crippen LogP contribution is 2.06. The normalized spacial score (nSPS) is 12.7. The average Bonchev–Trinajstić information content (AvgIpc) is 2.16. The van der Waals surface area contributed by atoms with Crippen molar-refractivity contribution in [1.29, 1.82) is 0 Å². The Labute approximate surface area is 97.7 Å². The Hall–Kier alpha value is 0.160. The van der Waals surface area contributed by atoms with Crippen LogP contribution in [-0.2, 0) is 9.24 Å². The third kappa shape index (κ3) is 6.35. The zero-order valence-electron chi connectivity index (χ0n) is 9.74. The second-order valence-corrected chi connectivity index (χ2v) is 5.82. The van der Waals surface area contributed by atoms with Gasteiger partial charge in [-0.15, -0.1) is 0 Å². The molecule has 0 amide bonds. The minimum absolute atomic E-state index is 0.435. The van der Waals surface area contributed by atoms with E-state index in [2.05, 4.69) is 18.7 Å². The van der Waals surface area contributed by atoms with Crippen molar-refractivity contribution in [2.24, 2.45) is 0 Å². The molecule has 0 radical (unpaired) electrons. The van der Waals surface area contributed by atoms with Crippen molar-refractivity contribution in [3.63, 3.8) is 0 Å². The lowest BCUT2D eigenvalue weighted by atomic mass is 10.3. The Morgan fingerprint density at radius 3 is 1.87 bits per heavy atom. The van der Waals surface area contributed by atoms with Gasteiger partial charge in [0.05, 0.1) is 0 Å². The van der Waals surface area contributed by atoms with Crippen LogP contribution < -0.4 is 0 Å². The smallest absolute Gasteiger partial charge is 0.299 e. The third-order valence-electron chi connectivity index (χ3n) is 2.44. The van der Waals surface area contributed by atoms with Crippen LogP contribution in [0.2, 0.25) is 0 Å². The van der Waals surface area contributed by atoms with E-state index < -0.39 is 9.24 Å². The molecule has 92 valence electrons. The van der Waals surface area contributed by atoms with Crippen LogP contribution in [0, 0.1) is 0 Å². The molecule has 0 aromatic rings. The summed E-state index contributed by atoms with van der Waals surface area (Å²) in [6, 6.07) is 0. The monoisotopic (exact) mass is 256 g/mol. The summed E-state index contributed by atoms with van der Waals surface area (Å²) in [6.07, 6.45) is 0.821. The van der Waals surface area contributed by atoms with E-state index in [0.29, 0.717) is 13.1 Å². The molecule has 0 saturated heterocycles. The Kier molecular flexibility index (Phi) is 7.52. The maximum Gasteiger partial charge on any atom is 0.299 e. The van der Waals surface area contributed by atoms with Crippen molar-refractivity contribution in [3.05, 3.63) is 0 Å². The standard InChI is InChI=1S/C9H21ClN2O2S/c1-4-11(5-2)8-7-9-12(6-3)15(10,13)14/h4-9H2,1-3H3. The van der Waals surface area contributed by atoms with Gasteiger partial charge in [0.2, 0.25) is 0 Å². The van der Waals surface area contributed by atoms with E-state index in [4.69, 9.17) is 10.7 Å². The van der Waals surface area contributed by atoms with Gasteiger partial charge < -0.3 is 4.90 Å². The molecule has 0 atom stereocenters. The largest absolute Gasteiger partial charge is 0.304 e. The van der Waals surface area contributed by atoms with E-state index in [-0.39, 0.29) is 0 Å². The van der Waals surface area contributed by atoms with Crippen LogP contribution >= 0.6 is 10.7 Å². The lowest BCUT2D eigenvalue weighted by Crippen LogP contribution is -2.31. The Morgan fingerprint density at radius 2 is 1.53 bits per heavy atom. The fourth-order valence-electron chi connectivity index (χ4n) is 1.43. The van der Waals surface area contributed by atoms with Gasteiger partial charge >= 0.3 is 0 Å². The molecule has 0 aromatic heterocycles. The van der Waals surface area contributed by atoms with E-state index in [1.165, 1.54) is 4.31 Å². The Bertz CT molecular complexity index is 253. The van der Waals surface area contributed by atoms with Gasteiger partial charge in [-0.1, -0.05) is 20.8 Å². The maximum atomic E-state index is 11.1. The first-order chi connectivity index (χ1) is 6.95. The Balaban J connectivity index is 3.93. The van der Waals surface area contributed by atoms with Crippen LogP contribution in [0.5, 0.6) is 0 Å². The van der Waals surface area contributed by atoms with Gasteiger partial charge in [-0.25, -0.2) is 0 Å². The highest BCUT2D eigenvalue weighted by molar-refractivity contribution is 8.11. The van der Waals surface area contributed by atoms with Crippen LogP contribution in [0.3, 0.4) is 0 Å². The topological polar surface area (TPSA) is 40.6 Å². The molecule has 0 aromatic carbocycles. The lowest BCUT2D eigenvalue weighted by Gasteiger charge is -2.20. The minimum Gasteiger partial charge on any atom is -0.304 e. The molecule has 15 heavy (non-hydrogen) atoms. The predicted octanol–water partition coefficient (Wildman–Crippen LogP) is 1.52. The number of hydrogen-bond donors (Lipinski definition) is 0. The van der Waals surface area contributed by atoms with E-state index in [9.17, 15) is 8.42 Å². The van der Waals surface area contributed by atoms with Gasteiger partial charge in [0, 0.05) is 23.8 Å². The zero-order chi connectivity index (χ0) is 11.9. The molecule has 0 bridgehead atoms. The average molecular weight is 257 g/mol. The number of nitrogens with zero attached hydrogens (tertiary/aromatic N) is 2. The molecule has 0 unspecified atom stereocenters. The molecule has 0 aliphatic carbocycles. The molecule has 0 fully saturated rings. The molecule has 4 nitrogen and oxygen atoms in total. The summed E-state index contributed by atoms with van der Waals surface area (Å²) in [5, 5.41) is 0. The fraction of sp³-hybridized carbons (Fsp3) is 1.00. The van der Waals surface area contributed by atoms with Gasteiger partial charge in [-0.05, 0) is 26.1 Å². The molecular weight excluding hydrogens is 236 g/mol. The number of halogens is 1. The van der Waals surface area contributed by atoms with Crippen LogP contribution in [-0.4, -0.2) is 50.3 Å². The van der Waals surface area contributed by atoms with Crippen molar-refractivity contribution in [3.8, 4) is 0 Å². The van der Waals surface area contributed by atoms with E-state index in [0.717, 1.165) is 26.1 Å². The quantitative estimate of drug-likeness (QED) is 0.619. The van der Waals surface area contributed by atoms with Gasteiger partial charge in [0.1, 0.15) is 0 Å². The van der Waals surface area contributed by atoms with Crippen molar-refractivity contribution in [2.75, 3.05) is 32.7 Å². The van der Waals surface area contributed by atoms with Crippen LogP contribution in [0.1, 0.15) is 27.2 Å². The van der Waals surface area contributed by atoms with Crippen molar-refractivity contribution in [1.82, 2.24) is 9.21 Å². The first kappa shape index (κ1) is 15.2. The van der Waals surface area contributed by atoms with Crippen molar-refractivity contribution in [2.45, 2.75) is 27.2 Å². The molecule has 0 spiro atoms. The molecule has 0 saturated carbocycles. The predicted molar refractivity (Wildman–Crippen MR) is 64.4 cm³/mol. The molecule has 0 aliphatic rings. The summed E-state index contributed by atoms with van der Waals surface area (Å²) in [5.41, 5.74) is 0. The summed E-state index contributed by atoms with van der Waals surface area (Å²) in [4.78, 5) is 2.26. The maximum absolute atomic E-state index is 11.1. The fourth-order valence-corrected chi connectivity index (χ4v) is 2.59. The molecule has 6 heteroatoms. The molecule has 0 heterocycles. The highest BCUT2D eigenvalue weighted by atomic mass is 35.7. The van der Waals surface area contributed by atoms with Crippen LogP contribution in [0.25, 0.3) is 0 Å². The first-order valence-corrected chi connectivity index (χ1v) is 7.64. The van der Waals surface area contributed by atoms with Gasteiger partial charge in [0.25, 0.3) is 9.24 Å². The number of rotatable bonds is 8. The van der Waals surface area contributed by atoms with E-state index >= 15 is 0 Å². The molecule has 0 aliphatic heterocycles. The van der Waals surface area contributed by atoms with Crippen LogP contribution in [0.15, 0.2) is 0 Å². The van der Waals surface area contributed by atoms with Crippen LogP contribution in [0.4, 0.5) is 0 Å². The minimum atomic E-state index is -3.54.